The Hall–Kier alpha value is -1.47. The van der Waals surface area contributed by atoms with Gasteiger partial charge in [0.2, 0.25) is 0 Å². The summed E-state index contributed by atoms with van der Waals surface area (Å²) in [5, 5.41) is 5.37. The van der Waals surface area contributed by atoms with E-state index in [9.17, 15) is 14.0 Å². The minimum atomic E-state index is -0.498. The van der Waals surface area contributed by atoms with E-state index in [1.807, 2.05) is 0 Å². The molecular formula is C14H18BrFN3O2+. The van der Waals surface area contributed by atoms with E-state index in [1.54, 1.807) is 13.1 Å². The largest absolute Gasteiger partial charge is 0.348 e. The van der Waals surface area contributed by atoms with Gasteiger partial charge in [0.05, 0.1) is 12.7 Å². The van der Waals surface area contributed by atoms with E-state index in [2.05, 4.69) is 26.6 Å². The van der Waals surface area contributed by atoms with Crippen molar-refractivity contribution >= 4 is 33.4 Å². The van der Waals surface area contributed by atoms with Crippen LogP contribution >= 0.6 is 15.9 Å². The summed E-state index contributed by atoms with van der Waals surface area (Å²) in [6, 6.07) is 4.75. The van der Waals surface area contributed by atoms with E-state index in [4.69, 9.17) is 0 Å². The molecule has 1 fully saturated rings. The lowest BCUT2D eigenvalue weighted by molar-refractivity contribution is -0.862. The molecule has 21 heavy (non-hydrogen) atoms. The van der Waals surface area contributed by atoms with Crippen LogP contribution in [0.5, 0.6) is 0 Å². The smallest absolute Gasteiger partial charge is 0.279 e. The summed E-state index contributed by atoms with van der Waals surface area (Å²) >= 11 is 3.15. The van der Waals surface area contributed by atoms with Gasteiger partial charge in [-0.15, -0.1) is 0 Å². The first kappa shape index (κ1) is 15.9. The third-order valence-corrected chi connectivity index (χ3v) is 3.57. The molecule has 1 aromatic rings. The minimum Gasteiger partial charge on any atom is -0.348 e. The first-order chi connectivity index (χ1) is 9.94. The summed E-state index contributed by atoms with van der Waals surface area (Å²) in [6.07, 6.45) is 2.07. The first-order valence-electron chi connectivity index (χ1n) is 6.79. The van der Waals surface area contributed by atoms with Crippen LogP contribution in [0.3, 0.4) is 0 Å². The Morgan fingerprint density at radius 2 is 2.00 bits per heavy atom. The first-order valence-corrected chi connectivity index (χ1v) is 7.59. The number of nitrogens with one attached hydrogen (secondary N) is 3. The number of amides is 2. The van der Waals surface area contributed by atoms with Crippen LogP contribution in [-0.4, -0.2) is 38.0 Å². The molecule has 1 aliphatic carbocycles. The van der Waals surface area contributed by atoms with Crippen molar-refractivity contribution in [2.75, 3.05) is 25.5 Å². The highest BCUT2D eigenvalue weighted by Gasteiger charge is 2.25. The molecule has 3 N–H and O–H groups in total. The lowest BCUT2D eigenvalue weighted by atomic mass is 10.3. The van der Waals surface area contributed by atoms with Gasteiger partial charge in [-0.05, 0) is 31.0 Å². The molecule has 5 nitrogen and oxygen atoms in total. The van der Waals surface area contributed by atoms with Crippen LogP contribution in [0.1, 0.15) is 12.8 Å². The van der Waals surface area contributed by atoms with E-state index in [0.717, 1.165) is 17.7 Å². The summed E-state index contributed by atoms with van der Waals surface area (Å²) < 4.78 is 14.2. The Morgan fingerprint density at radius 1 is 1.33 bits per heavy atom. The monoisotopic (exact) mass is 358 g/mol. The molecule has 2 amide bonds. The second-order valence-corrected chi connectivity index (χ2v) is 6.24. The predicted molar refractivity (Wildman–Crippen MR) is 80.5 cm³/mol. The number of anilines is 1. The number of hydrogen-bond donors (Lipinski definition) is 3. The zero-order chi connectivity index (χ0) is 15.4. The minimum absolute atomic E-state index is 0.0578. The second-order valence-electron chi connectivity index (χ2n) is 5.32. The van der Waals surface area contributed by atoms with Crippen molar-refractivity contribution < 1.29 is 18.9 Å². The van der Waals surface area contributed by atoms with Crippen LogP contribution in [0, 0.1) is 5.82 Å². The lowest BCUT2D eigenvalue weighted by Gasteiger charge is -2.13. The fraction of sp³-hybridized carbons (Fsp3) is 0.429. The maximum absolute atomic E-state index is 13.6. The molecule has 114 valence electrons. The molecule has 1 saturated carbocycles. The fourth-order valence-electron chi connectivity index (χ4n) is 1.90. The molecule has 0 bridgehead atoms. The molecule has 1 aromatic carbocycles. The van der Waals surface area contributed by atoms with Crippen LogP contribution in [0.2, 0.25) is 0 Å². The van der Waals surface area contributed by atoms with Crippen molar-refractivity contribution in [2.45, 2.75) is 18.9 Å². The summed E-state index contributed by atoms with van der Waals surface area (Å²) in [7, 11) is 1.75. The van der Waals surface area contributed by atoms with E-state index in [0.29, 0.717) is 10.5 Å². The number of rotatable bonds is 6. The maximum Gasteiger partial charge on any atom is 0.279 e. The van der Waals surface area contributed by atoms with Crippen molar-refractivity contribution in [1.29, 1.82) is 0 Å². The third-order valence-electron chi connectivity index (χ3n) is 3.07. The average Bonchev–Trinajstić information content (AvgIpc) is 3.16. The number of halogens is 2. The lowest BCUT2D eigenvalue weighted by Crippen LogP contribution is -3.11. The normalized spacial score (nSPS) is 15.4. The summed E-state index contributed by atoms with van der Waals surface area (Å²) in [6.45, 7) is 0.334. The Labute approximate surface area is 131 Å². The number of carbonyl (C=O) groups is 2. The number of hydrogen-bond acceptors (Lipinski definition) is 2. The van der Waals surface area contributed by atoms with Crippen LogP contribution < -0.4 is 15.5 Å². The topological polar surface area (TPSA) is 62.6 Å². The van der Waals surface area contributed by atoms with Gasteiger partial charge < -0.3 is 15.5 Å². The van der Waals surface area contributed by atoms with Gasteiger partial charge in [0.15, 0.2) is 13.1 Å². The summed E-state index contributed by atoms with van der Waals surface area (Å²) in [5.41, 5.74) is 0.137. The van der Waals surface area contributed by atoms with Crippen molar-refractivity contribution in [3.05, 3.63) is 28.5 Å². The predicted octanol–water partition coefficient (Wildman–Crippen LogP) is 0.320. The van der Waals surface area contributed by atoms with Crippen LogP contribution in [-0.2, 0) is 9.59 Å². The maximum atomic E-state index is 13.6. The van der Waals surface area contributed by atoms with E-state index >= 15 is 0 Å². The number of benzene rings is 1. The van der Waals surface area contributed by atoms with Gasteiger partial charge in [0, 0.05) is 10.5 Å². The summed E-state index contributed by atoms with van der Waals surface area (Å²) in [4.78, 5) is 24.2. The fourth-order valence-corrected chi connectivity index (χ4v) is 2.24. The van der Waals surface area contributed by atoms with Gasteiger partial charge >= 0.3 is 0 Å². The summed E-state index contributed by atoms with van der Waals surface area (Å²) in [5.74, 6) is -0.882. The molecule has 2 rings (SSSR count). The molecule has 0 saturated heterocycles. The quantitative estimate of drug-likeness (QED) is 0.685. The van der Waals surface area contributed by atoms with Gasteiger partial charge in [-0.3, -0.25) is 9.59 Å². The number of carbonyl (C=O) groups excluding carboxylic acids is 2. The Balaban J connectivity index is 1.78. The zero-order valence-corrected chi connectivity index (χ0v) is 13.3. The molecule has 1 atom stereocenters. The average molecular weight is 359 g/mol. The molecule has 1 aliphatic rings. The van der Waals surface area contributed by atoms with Gasteiger partial charge in [0.1, 0.15) is 5.82 Å². The molecule has 0 spiro atoms. The highest BCUT2D eigenvalue weighted by molar-refractivity contribution is 9.10. The molecule has 7 heteroatoms. The number of quaternary nitrogens is 1. The van der Waals surface area contributed by atoms with Gasteiger partial charge in [0.25, 0.3) is 11.8 Å². The number of likely N-dealkylation sites (N-methyl/N-ethyl adjacent to an activating group) is 1. The van der Waals surface area contributed by atoms with Crippen molar-refractivity contribution in [3.63, 3.8) is 0 Å². The van der Waals surface area contributed by atoms with Crippen LogP contribution in [0.15, 0.2) is 22.7 Å². The molecule has 0 aromatic heterocycles. The van der Waals surface area contributed by atoms with Crippen molar-refractivity contribution in [2.24, 2.45) is 0 Å². The van der Waals surface area contributed by atoms with Crippen molar-refractivity contribution in [1.82, 2.24) is 5.32 Å². The highest BCUT2D eigenvalue weighted by Crippen LogP contribution is 2.19. The second kappa shape index (κ2) is 7.00. The van der Waals surface area contributed by atoms with Crippen LogP contribution in [0.4, 0.5) is 10.1 Å². The highest BCUT2D eigenvalue weighted by atomic mass is 79.9. The standard InChI is InChI=1S/C14H17BrFN3O2/c1-19(7-13(20)17-10-3-4-10)8-14(21)18-12-5-2-9(15)6-11(12)16/h2,5-6,10H,3-4,7-8H2,1H3,(H,17,20)(H,18,21)/p+1. The Kier molecular flexibility index (Phi) is 5.30. The molecule has 0 aliphatic heterocycles. The molecular weight excluding hydrogens is 341 g/mol. The third kappa shape index (κ3) is 5.43. The van der Waals surface area contributed by atoms with Crippen molar-refractivity contribution in [3.8, 4) is 0 Å². The Bertz CT molecular complexity index is 549. The molecule has 0 radical (unpaired) electrons. The Morgan fingerprint density at radius 3 is 2.62 bits per heavy atom. The molecule has 0 heterocycles. The molecule has 1 unspecified atom stereocenters. The van der Waals surface area contributed by atoms with Gasteiger partial charge in [-0.25, -0.2) is 4.39 Å². The SMILES string of the molecule is C[NH+](CC(=O)Nc1ccc(Br)cc1F)CC(=O)NC1CC1. The van der Waals surface area contributed by atoms with Gasteiger partial charge in [-0.2, -0.15) is 0 Å². The van der Waals surface area contributed by atoms with Crippen LogP contribution in [0.25, 0.3) is 0 Å². The zero-order valence-electron chi connectivity index (χ0n) is 11.7. The van der Waals surface area contributed by atoms with Gasteiger partial charge in [-0.1, -0.05) is 15.9 Å². The van der Waals surface area contributed by atoms with E-state index in [-0.39, 0.29) is 30.6 Å². The van der Waals surface area contributed by atoms with E-state index in [1.165, 1.54) is 12.1 Å². The van der Waals surface area contributed by atoms with E-state index < -0.39 is 5.82 Å².